The number of carbonyl (C=O) groups excluding carboxylic acids is 2. The lowest BCUT2D eigenvalue weighted by Crippen LogP contribution is -2.25. The Hall–Kier alpha value is -3.28. The van der Waals surface area contributed by atoms with Crippen LogP contribution >= 0.6 is 0 Å². The van der Waals surface area contributed by atoms with Crippen LogP contribution in [0.1, 0.15) is 75.8 Å². The van der Waals surface area contributed by atoms with Gasteiger partial charge in [0.15, 0.2) is 0 Å². The molecule has 1 aliphatic rings. The molecule has 0 radical (unpaired) electrons. The molecule has 0 aliphatic heterocycles. The van der Waals surface area contributed by atoms with E-state index < -0.39 is 5.97 Å². The maximum Gasteiger partial charge on any atom is 0.330 e. The molecule has 1 saturated carbocycles. The fourth-order valence-electron chi connectivity index (χ4n) is 4.71. The van der Waals surface area contributed by atoms with Gasteiger partial charge < -0.3 is 20.9 Å². The van der Waals surface area contributed by atoms with E-state index in [2.05, 4.69) is 6.92 Å². The molecule has 1 fully saturated rings. The summed E-state index contributed by atoms with van der Waals surface area (Å²) in [6, 6.07) is 12.4. The van der Waals surface area contributed by atoms with Crippen LogP contribution in [0.25, 0.3) is 6.08 Å². The average Bonchev–Trinajstić information content (AvgIpc) is 2.88. The molecule has 0 heterocycles. The maximum absolute atomic E-state index is 12.6. The van der Waals surface area contributed by atoms with Crippen molar-refractivity contribution in [3.8, 4) is 5.75 Å². The lowest BCUT2D eigenvalue weighted by Gasteiger charge is -2.27. The zero-order valence-electron chi connectivity index (χ0n) is 21.4. The van der Waals surface area contributed by atoms with Gasteiger partial charge in [-0.05, 0) is 73.1 Å². The third-order valence-corrected chi connectivity index (χ3v) is 6.94. The van der Waals surface area contributed by atoms with E-state index in [4.69, 9.17) is 20.9 Å². The Morgan fingerprint density at radius 1 is 0.972 bits per heavy atom. The number of rotatable bonds is 12. The molecule has 6 heteroatoms. The van der Waals surface area contributed by atoms with Crippen molar-refractivity contribution in [1.82, 2.24) is 0 Å². The molecule has 2 aromatic rings. The van der Waals surface area contributed by atoms with Crippen LogP contribution in [0, 0.1) is 11.8 Å². The molecule has 194 valence electrons. The van der Waals surface area contributed by atoms with Crippen LogP contribution in [0.4, 0.5) is 11.4 Å². The first kappa shape index (κ1) is 27.3. The zero-order valence-corrected chi connectivity index (χ0v) is 21.4. The lowest BCUT2D eigenvalue weighted by atomic mass is 9.80. The molecule has 1 aliphatic carbocycles. The number of unbranched alkanes of at least 4 members (excludes halogenated alkanes) is 3. The highest BCUT2D eigenvalue weighted by atomic mass is 16.5. The number of hydrogen-bond acceptors (Lipinski definition) is 6. The topological polar surface area (TPSA) is 105 Å². The molecular weight excluding hydrogens is 452 g/mol. The standard InChI is InChI=1S/C30H40N2O4/c1-2-3-4-5-6-22-7-12-25(13-8-22)30(34)36-27-16-9-23(10-17-27)11-18-29(33)35-20-19-24-14-15-26(31)21-28(24)32/h9-11,14-18,21-22,25H,2-8,12-13,19-20,31-32H2,1H3. The monoisotopic (exact) mass is 492 g/mol. The van der Waals surface area contributed by atoms with Crippen molar-refractivity contribution in [2.45, 2.75) is 71.1 Å². The SMILES string of the molecule is CCCCCCC1CCC(C(=O)Oc2ccc(C=CC(=O)OCCc3ccc(N)cc3N)cc2)CC1. The summed E-state index contributed by atoms with van der Waals surface area (Å²) in [7, 11) is 0. The van der Waals surface area contributed by atoms with Crippen LogP contribution in [0.2, 0.25) is 0 Å². The summed E-state index contributed by atoms with van der Waals surface area (Å²) in [6.07, 6.45) is 14.2. The number of esters is 2. The highest BCUT2D eigenvalue weighted by Crippen LogP contribution is 2.33. The van der Waals surface area contributed by atoms with Gasteiger partial charge in [0.05, 0.1) is 12.5 Å². The van der Waals surface area contributed by atoms with Crippen LogP contribution in [-0.4, -0.2) is 18.5 Å². The lowest BCUT2D eigenvalue weighted by molar-refractivity contribution is -0.140. The summed E-state index contributed by atoms with van der Waals surface area (Å²) >= 11 is 0. The number of hydrogen-bond donors (Lipinski definition) is 2. The van der Waals surface area contributed by atoms with Crippen molar-refractivity contribution in [3.05, 3.63) is 59.7 Å². The Morgan fingerprint density at radius 2 is 1.72 bits per heavy atom. The van der Waals surface area contributed by atoms with E-state index >= 15 is 0 Å². The quantitative estimate of drug-likeness (QED) is 0.118. The molecule has 0 saturated heterocycles. The van der Waals surface area contributed by atoms with Gasteiger partial charge in [-0.15, -0.1) is 0 Å². The van der Waals surface area contributed by atoms with Crippen LogP contribution in [0.5, 0.6) is 5.75 Å². The molecule has 2 aromatic carbocycles. The predicted octanol–water partition coefficient (Wildman–Crippen LogP) is 6.33. The van der Waals surface area contributed by atoms with Gasteiger partial charge in [0.2, 0.25) is 0 Å². The first-order chi connectivity index (χ1) is 17.4. The minimum Gasteiger partial charge on any atom is -0.462 e. The first-order valence-corrected chi connectivity index (χ1v) is 13.2. The van der Waals surface area contributed by atoms with Gasteiger partial charge in [-0.3, -0.25) is 4.79 Å². The molecule has 0 bridgehead atoms. The summed E-state index contributed by atoms with van der Waals surface area (Å²) in [5.41, 5.74) is 14.5. The van der Waals surface area contributed by atoms with E-state index in [-0.39, 0.29) is 18.5 Å². The number of carbonyl (C=O) groups is 2. The fourth-order valence-corrected chi connectivity index (χ4v) is 4.71. The molecule has 0 spiro atoms. The van der Waals surface area contributed by atoms with Crippen molar-refractivity contribution in [1.29, 1.82) is 0 Å². The minimum absolute atomic E-state index is 0.00479. The van der Waals surface area contributed by atoms with Crippen molar-refractivity contribution >= 4 is 29.4 Å². The summed E-state index contributed by atoms with van der Waals surface area (Å²) in [5.74, 6) is 0.727. The number of benzene rings is 2. The van der Waals surface area contributed by atoms with E-state index in [9.17, 15) is 9.59 Å². The largest absolute Gasteiger partial charge is 0.462 e. The summed E-state index contributed by atoms with van der Waals surface area (Å²) in [4.78, 5) is 24.6. The Kier molecular flexibility index (Phi) is 10.9. The normalized spacial score (nSPS) is 17.7. The number of anilines is 2. The second kappa shape index (κ2) is 14.3. The van der Waals surface area contributed by atoms with Gasteiger partial charge >= 0.3 is 11.9 Å². The van der Waals surface area contributed by atoms with Gasteiger partial charge in [-0.1, -0.05) is 57.2 Å². The third-order valence-electron chi connectivity index (χ3n) is 6.94. The summed E-state index contributed by atoms with van der Waals surface area (Å²) < 4.78 is 10.9. The molecule has 0 aromatic heterocycles. The Balaban J connectivity index is 1.36. The molecule has 36 heavy (non-hydrogen) atoms. The van der Waals surface area contributed by atoms with Crippen LogP contribution in [0.15, 0.2) is 48.5 Å². The molecule has 6 nitrogen and oxygen atoms in total. The van der Waals surface area contributed by atoms with Gasteiger partial charge in [0, 0.05) is 23.9 Å². The Morgan fingerprint density at radius 3 is 2.42 bits per heavy atom. The van der Waals surface area contributed by atoms with E-state index in [0.717, 1.165) is 42.7 Å². The maximum atomic E-state index is 12.6. The van der Waals surface area contributed by atoms with Crippen LogP contribution in [0.3, 0.4) is 0 Å². The van der Waals surface area contributed by atoms with Crippen LogP contribution in [-0.2, 0) is 20.7 Å². The Bertz CT molecular complexity index is 1010. The van der Waals surface area contributed by atoms with Gasteiger partial charge in [-0.2, -0.15) is 0 Å². The summed E-state index contributed by atoms with van der Waals surface area (Å²) in [5, 5.41) is 0. The summed E-state index contributed by atoms with van der Waals surface area (Å²) in [6.45, 7) is 2.47. The molecule has 4 N–H and O–H groups in total. The smallest absolute Gasteiger partial charge is 0.330 e. The third kappa shape index (κ3) is 9.06. The number of ether oxygens (including phenoxy) is 2. The second-order valence-corrected chi connectivity index (χ2v) is 9.77. The van der Waals surface area contributed by atoms with Crippen molar-refractivity contribution in [2.24, 2.45) is 11.8 Å². The predicted molar refractivity (Wildman–Crippen MR) is 145 cm³/mol. The second-order valence-electron chi connectivity index (χ2n) is 9.77. The molecule has 0 atom stereocenters. The average molecular weight is 493 g/mol. The zero-order chi connectivity index (χ0) is 25.8. The van der Waals surface area contributed by atoms with Gasteiger partial charge in [0.1, 0.15) is 5.75 Å². The first-order valence-electron chi connectivity index (χ1n) is 13.2. The minimum atomic E-state index is -0.430. The van der Waals surface area contributed by atoms with E-state index in [0.29, 0.717) is 23.5 Å². The number of nitrogen functional groups attached to an aromatic ring is 2. The van der Waals surface area contributed by atoms with Crippen molar-refractivity contribution in [3.63, 3.8) is 0 Å². The molecule has 0 unspecified atom stereocenters. The van der Waals surface area contributed by atoms with E-state index in [1.54, 1.807) is 30.3 Å². The number of nitrogens with two attached hydrogens (primary N) is 2. The molecular formula is C30H40N2O4. The molecule has 3 rings (SSSR count). The highest BCUT2D eigenvalue weighted by molar-refractivity contribution is 5.87. The van der Waals surface area contributed by atoms with Crippen LogP contribution < -0.4 is 16.2 Å². The molecule has 0 amide bonds. The van der Waals surface area contributed by atoms with Gasteiger partial charge in [0.25, 0.3) is 0 Å². The Labute approximate surface area is 215 Å². The van der Waals surface area contributed by atoms with Crippen molar-refractivity contribution in [2.75, 3.05) is 18.1 Å². The van der Waals surface area contributed by atoms with E-state index in [1.165, 1.54) is 38.2 Å². The van der Waals surface area contributed by atoms with Gasteiger partial charge in [-0.25, -0.2) is 4.79 Å². The fraction of sp³-hybridized carbons (Fsp3) is 0.467. The van der Waals surface area contributed by atoms with Crippen molar-refractivity contribution < 1.29 is 19.1 Å². The highest BCUT2D eigenvalue weighted by Gasteiger charge is 2.27. The van der Waals surface area contributed by atoms with E-state index in [1.807, 2.05) is 18.2 Å².